The van der Waals surface area contributed by atoms with Gasteiger partial charge in [0.15, 0.2) is 6.61 Å². The summed E-state index contributed by atoms with van der Waals surface area (Å²) >= 11 is 5.52. The van der Waals surface area contributed by atoms with Crippen molar-refractivity contribution in [1.29, 1.82) is 0 Å². The molecule has 0 saturated heterocycles. The van der Waals surface area contributed by atoms with E-state index in [-0.39, 0.29) is 11.3 Å². The Hall–Kier alpha value is -3.47. The molecule has 12 heteroatoms. The molecule has 0 aliphatic carbocycles. The SMILES string of the molecule is O=C(COC(=O)c1ccc(-n2cnnn2)cc1)Nc1ccc(Cl)c(C(F)(F)F)c1. The zero-order valence-corrected chi connectivity index (χ0v) is 15.1. The lowest BCUT2D eigenvalue weighted by Gasteiger charge is -2.12. The molecule has 0 spiro atoms. The average Bonchev–Trinajstić information content (AvgIpc) is 3.22. The summed E-state index contributed by atoms with van der Waals surface area (Å²) in [5.41, 5.74) is -0.446. The molecule has 0 atom stereocenters. The maximum atomic E-state index is 12.8. The van der Waals surface area contributed by atoms with E-state index in [9.17, 15) is 22.8 Å². The second kappa shape index (κ2) is 8.27. The van der Waals surface area contributed by atoms with Crippen LogP contribution in [0.1, 0.15) is 15.9 Å². The Bertz CT molecular complexity index is 1020. The zero-order valence-electron chi connectivity index (χ0n) is 14.4. The van der Waals surface area contributed by atoms with Crippen LogP contribution in [0, 0.1) is 0 Å². The fraction of sp³-hybridized carbons (Fsp3) is 0.118. The molecule has 29 heavy (non-hydrogen) atoms. The van der Waals surface area contributed by atoms with Crippen molar-refractivity contribution in [3.05, 3.63) is 64.9 Å². The molecule has 0 fully saturated rings. The number of hydrogen-bond acceptors (Lipinski definition) is 6. The van der Waals surface area contributed by atoms with Gasteiger partial charge in [0, 0.05) is 5.69 Å². The first-order chi connectivity index (χ1) is 13.7. The van der Waals surface area contributed by atoms with E-state index in [2.05, 4.69) is 20.8 Å². The molecule has 0 aliphatic heterocycles. The van der Waals surface area contributed by atoms with Gasteiger partial charge in [-0.25, -0.2) is 9.48 Å². The minimum Gasteiger partial charge on any atom is -0.452 e. The number of carbonyl (C=O) groups is 2. The largest absolute Gasteiger partial charge is 0.452 e. The summed E-state index contributed by atoms with van der Waals surface area (Å²) in [7, 11) is 0. The molecule has 0 aliphatic rings. The van der Waals surface area contributed by atoms with E-state index >= 15 is 0 Å². The summed E-state index contributed by atoms with van der Waals surface area (Å²) in [6, 6.07) is 8.95. The Morgan fingerprint density at radius 3 is 2.48 bits per heavy atom. The van der Waals surface area contributed by atoms with Crippen molar-refractivity contribution in [2.24, 2.45) is 0 Å². The van der Waals surface area contributed by atoms with E-state index < -0.39 is 35.2 Å². The number of rotatable bonds is 5. The fourth-order valence-electron chi connectivity index (χ4n) is 2.26. The third-order valence-corrected chi connectivity index (χ3v) is 3.94. The van der Waals surface area contributed by atoms with Crippen LogP contribution in [-0.2, 0) is 15.7 Å². The topological polar surface area (TPSA) is 99.0 Å². The maximum Gasteiger partial charge on any atom is 0.417 e. The summed E-state index contributed by atoms with van der Waals surface area (Å²) in [6.45, 7) is -0.683. The minimum atomic E-state index is -4.67. The highest BCUT2D eigenvalue weighted by molar-refractivity contribution is 6.31. The molecule has 0 saturated carbocycles. The van der Waals surface area contributed by atoms with Crippen LogP contribution < -0.4 is 5.32 Å². The lowest BCUT2D eigenvalue weighted by molar-refractivity contribution is -0.137. The highest BCUT2D eigenvalue weighted by Gasteiger charge is 2.33. The Labute approximate surface area is 166 Å². The van der Waals surface area contributed by atoms with E-state index in [1.165, 1.54) is 29.2 Å². The molecule has 0 radical (unpaired) electrons. The Morgan fingerprint density at radius 1 is 1.14 bits per heavy atom. The monoisotopic (exact) mass is 425 g/mol. The first-order valence-electron chi connectivity index (χ1n) is 7.91. The van der Waals surface area contributed by atoms with Gasteiger partial charge in [-0.1, -0.05) is 11.6 Å². The molecule has 2 aromatic carbocycles. The molecule has 1 amide bonds. The third kappa shape index (κ3) is 5.08. The summed E-state index contributed by atoms with van der Waals surface area (Å²) in [5, 5.41) is 12.4. The molecule has 3 rings (SSSR count). The summed E-state index contributed by atoms with van der Waals surface area (Å²) in [4.78, 5) is 23.9. The lowest BCUT2D eigenvalue weighted by atomic mass is 10.2. The highest BCUT2D eigenvalue weighted by Crippen LogP contribution is 2.36. The normalized spacial score (nSPS) is 11.2. The maximum absolute atomic E-state index is 12.8. The van der Waals surface area contributed by atoms with Crippen LogP contribution in [0.5, 0.6) is 0 Å². The summed E-state index contributed by atoms with van der Waals surface area (Å²) in [6.07, 6.45) is -3.29. The Balaban J connectivity index is 1.57. The van der Waals surface area contributed by atoms with Crippen LogP contribution in [0.25, 0.3) is 5.69 Å². The molecule has 0 bridgehead atoms. The molecule has 1 N–H and O–H groups in total. The van der Waals surface area contributed by atoms with Gasteiger partial charge < -0.3 is 10.1 Å². The smallest absolute Gasteiger partial charge is 0.417 e. The van der Waals surface area contributed by atoms with Crippen LogP contribution in [0.4, 0.5) is 18.9 Å². The third-order valence-electron chi connectivity index (χ3n) is 3.61. The number of halogens is 4. The number of alkyl halides is 3. The number of amides is 1. The van der Waals surface area contributed by atoms with Crippen molar-refractivity contribution in [2.75, 3.05) is 11.9 Å². The van der Waals surface area contributed by atoms with Gasteiger partial charge in [-0.05, 0) is 52.9 Å². The van der Waals surface area contributed by atoms with Crippen LogP contribution >= 0.6 is 11.6 Å². The summed E-state index contributed by atoms with van der Waals surface area (Å²) < 4.78 is 44.8. The number of ether oxygens (including phenoxy) is 1. The number of hydrogen-bond donors (Lipinski definition) is 1. The van der Waals surface area contributed by atoms with Gasteiger partial charge in [0.25, 0.3) is 5.91 Å². The number of benzene rings is 2. The quantitative estimate of drug-likeness (QED) is 0.630. The zero-order chi connectivity index (χ0) is 21.0. The molecular weight excluding hydrogens is 415 g/mol. The van der Waals surface area contributed by atoms with Crippen molar-refractivity contribution in [1.82, 2.24) is 20.2 Å². The van der Waals surface area contributed by atoms with Gasteiger partial charge in [-0.15, -0.1) is 5.10 Å². The molecular formula is C17H11ClF3N5O3. The van der Waals surface area contributed by atoms with Gasteiger partial charge >= 0.3 is 12.1 Å². The predicted octanol–water partition coefficient (Wildman–Crippen LogP) is 3.13. The molecule has 3 aromatic rings. The average molecular weight is 426 g/mol. The van der Waals surface area contributed by atoms with Crippen LogP contribution in [0.2, 0.25) is 5.02 Å². The van der Waals surface area contributed by atoms with E-state index in [4.69, 9.17) is 16.3 Å². The van der Waals surface area contributed by atoms with Gasteiger partial charge in [0.1, 0.15) is 6.33 Å². The number of nitrogens with one attached hydrogen (secondary N) is 1. The second-order valence-electron chi connectivity index (χ2n) is 5.62. The Kier molecular flexibility index (Phi) is 5.78. The first-order valence-corrected chi connectivity index (χ1v) is 8.29. The van der Waals surface area contributed by atoms with Crippen molar-refractivity contribution >= 4 is 29.2 Å². The summed E-state index contributed by atoms with van der Waals surface area (Å²) in [5.74, 6) is -1.59. The molecule has 1 heterocycles. The van der Waals surface area contributed by atoms with Crippen molar-refractivity contribution in [3.8, 4) is 5.69 Å². The molecule has 1 aromatic heterocycles. The Morgan fingerprint density at radius 2 is 1.86 bits per heavy atom. The van der Waals surface area contributed by atoms with Crippen LogP contribution in [0.15, 0.2) is 48.8 Å². The molecule has 150 valence electrons. The van der Waals surface area contributed by atoms with E-state index in [0.29, 0.717) is 11.8 Å². The predicted molar refractivity (Wildman–Crippen MR) is 94.5 cm³/mol. The fourth-order valence-corrected chi connectivity index (χ4v) is 2.49. The van der Waals surface area contributed by atoms with Gasteiger partial charge in [-0.2, -0.15) is 13.2 Å². The molecule has 8 nitrogen and oxygen atoms in total. The van der Waals surface area contributed by atoms with Crippen molar-refractivity contribution < 1.29 is 27.5 Å². The highest BCUT2D eigenvalue weighted by atomic mass is 35.5. The van der Waals surface area contributed by atoms with Crippen LogP contribution in [0.3, 0.4) is 0 Å². The number of nitrogens with zero attached hydrogens (tertiary/aromatic N) is 4. The second-order valence-corrected chi connectivity index (χ2v) is 6.03. The van der Waals surface area contributed by atoms with E-state index in [1.807, 2.05) is 0 Å². The van der Waals surface area contributed by atoms with Crippen molar-refractivity contribution in [3.63, 3.8) is 0 Å². The molecule has 0 unspecified atom stereocenters. The number of carbonyl (C=O) groups excluding carboxylic acids is 2. The minimum absolute atomic E-state index is 0.131. The van der Waals surface area contributed by atoms with Gasteiger partial charge in [-0.3, -0.25) is 4.79 Å². The number of anilines is 1. The number of aromatic nitrogens is 4. The van der Waals surface area contributed by atoms with Crippen molar-refractivity contribution in [2.45, 2.75) is 6.18 Å². The van der Waals surface area contributed by atoms with Gasteiger partial charge in [0.2, 0.25) is 0 Å². The lowest BCUT2D eigenvalue weighted by Crippen LogP contribution is -2.21. The van der Waals surface area contributed by atoms with Crippen LogP contribution in [-0.4, -0.2) is 38.7 Å². The van der Waals surface area contributed by atoms with Gasteiger partial charge in [0.05, 0.1) is 21.8 Å². The first kappa shape index (κ1) is 20.3. The van der Waals surface area contributed by atoms with E-state index in [1.54, 1.807) is 12.1 Å². The van der Waals surface area contributed by atoms with E-state index in [0.717, 1.165) is 6.07 Å². The standard InChI is InChI=1S/C17H11ClF3N5O3/c18-14-6-3-11(7-13(14)17(19,20)21)23-15(27)8-29-16(28)10-1-4-12(5-2-10)26-9-22-24-25-26/h1-7,9H,8H2,(H,23,27). The number of tetrazole rings is 1. The number of esters is 1.